The fraction of sp³-hybridized carbons (Fsp3) is 0.889. The van der Waals surface area contributed by atoms with Crippen molar-refractivity contribution in [1.82, 2.24) is 4.90 Å². The average molecular weight is 208 g/mol. The lowest BCUT2D eigenvalue weighted by atomic mass is 9.99. The van der Waals surface area contributed by atoms with Gasteiger partial charge in [0.2, 0.25) is 0 Å². The molecule has 1 saturated heterocycles. The Hall–Kier alpha value is -0.280. The molecule has 1 N–H and O–H groups in total. The van der Waals surface area contributed by atoms with Crippen LogP contribution in [0.3, 0.4) is 0 Å². The highest BCUT2D eigenvalue weighted by Gasteiger charge is 2.13. The third-order valence-electron chi connectivity index (χ3n) is 2.28. The maximum atomic E-state index is 8.36. The minimum Gasteiger partial charge on any atom is -0.483 e. The van der Waals surface area contributed by atoms with Gasteiger partial charge in [-0.05, 0) is 31.8 Å². The Morgan fingerprint density at radius 2 is 2.00 bits per heavy atom. The summed E-state index contributed by atoms with van der Waals surface area (Å²) in [5.41, 5.74) is 0. The Morgan fingerprint density at radius 1 is 1.54 bits per heavy atom. The van der Waals surface area contributed by atoms with Crippen molar-refractivity contribution in [3.63, 3.8) is 0 Å². The van der Waals surface area contributed by atoms with E-state index in [1.54, 1.807) is 0 Å². The number of rotatable bonds is 2. The van der Waals surface area contributed by atoms with E-state index in [-0.39, 0.29) is 6.47 Å². The first-order valence-electron chi connectivity index (χ1n) is 4.60. The standard InChI is InChI=1S/C8H16ClN.CH2O2/c1-8-2-5-10(6-3-8)7-4-9;2-1-3/h8H,2-7H2,1H3;1H,(H,2,3). The van der Waals surface area contributed by atoms with Crippen molar-refractivity contribution in [1.29, 1.82) is 0 Å². The number of nitrogens with zero attached hydrogens (tertiary/aromatic N) is 1. The van der Waals surface area contributed by atoms with Crippen LogP contribution in [-0.2, 0) is 4.79 Å². The summed E-state index contributed by atoms with van der Waals surface area (Å²) in [6.07, 6.45) is 2.72. The molecule has 3 nitrogen and oxygen atoms in total. The zero-order valence-electron chi connectivity index (χ0n) is 8.08. The van der Waals surface area contributed by atoms with E-state index in [1.807, 2.05) is 0 Å². The molecule has 13 heavy (non-hydrogen) atoms. The summed E-state index contributed by atoms with van der Waals surface area (Å²) in [5, 5.41) is 6.89. The predicted molar refractivity (Wildman–Crippen MR) is 54.3 cm³/mol. The molecule has 1 aliphatic rings. The molecule has 0 amide bonds. The van der Waals surface area contributed by atoms with Gasteiger partial charge in [0.25, 0.3) is 6.47 Å². The van der Waals surface area contributed by atoms with Gasteiger partial charge < -0.3 is 10.0 Å². The molecule has 0 radical (unpaired) electrons. The van der Waals surface area contributed by atoms with Gasteiger partial charge in [0.15, 0.2) is 0 Å². The minimum absolute atomic E-state index is 0.250. The number of halogens is 1. The molecule has 0 bridgehead atoms. The molecule has 0 aromatic carbocycles. The molecule has 0 aliphatic carbocycles. The maximum absolute atomic E-state index is 8.36. The zero-order chi connectivity index (χ0) is 10.1. The van der Waals surface area contributed by atoms with Crippen LogP contribution in [0.4, 0.5) is 0 Å². The molecular formula is C9H18ClNO2. The van der Waals surface area contributed by atoms with Gasteiger partial charge in [-0.2, -0.15) is 0 Å². The SMILES string of the molecule is CC1CCN(CCCl)CC1.O=CO. The summed E-state index contributed by atoms with van der Waals surface area (Å²) in [4.78, 5) is 10.8. The van der Waals surface area contributed by atoms with Crippen LogP contribution < -0.4 is 0 Å². The summed E-state index contributed by atoms with van der Waals surface area (Å²) < 4.78 is 0. The smallest absolute Gasteiger partial charge is 0.290 e. The fourth-order valence-corrected chi connectivity index (χ4v) is 1.64. The highest BCUT2D eigenvalue weighted by Crippen LogP contribution is 2.15. The lowest BCUT2D eigenvalue weighted by molar-refractivity contribution is -0.122. The van der Waals surface area contributed by atoms with E-state index in [1.165, 1.54) is 25.9 Å². The Morgan fingerprint density at radius 3 is 2.38 bits per heavy atom. The minimum atomic E-state index is -0.250. The van der Waals surface area contributed by atoms with Crippen molar-refractivity contribution < 1.29 is 9.90 Å². The third-order valence-corrected chi connectivity index (χ3v) is 2.45. The summed E-state index contributed by atoms with van der Waals surface area (Å²) in [6.45, 7) is 5.67. The maximum Gasteiger partial charge on any atom is 0.290 e. The van der Waals surface area contributed by atoms with E-state index < -0.39 is 0 Å². The topological polar surface area (TPSA) is 40.5 Å². The van der Waals surface area contributed by atoms with Gasteiger partial charge in [-0.25, -0.2) is 0 Å². The number of likely N-dealkylation sites (tertiary alicyclic amines) is 1. The molecule has 1 fully saturated rings. The van der Waals surface area contributed by atoms with Crippen molar-refractivity contribution in [2.45, 2.75) is 19.8 Å². The van der Waals surface area contributed by atoms with Gasteiger partial charge in [0, 0.05) is 12.4 Å². The van der Waals surface area contributed by atoms with Crippen LogP contribution in [-0.4, -0.2) is 42.0 Å². The molecular weight excluding hydrogens is 190 g/mol. The Kier molecular flexibility index (Phi) is 8.14. The Balaban J connectivity index is 0.000000424. The van der Waals surface area contributed by atoms with Gasteiger partial charge in [0.05, 0.1) is 0 Å². The number of hydrogen-bond donors (Lipinski definition) is 1. The lowest BCUT2D eigenvalue weighted by Crippen LogP contribution is -2.34. The molecule has 1 heterocycles. The molecule has 0 aromatic heterocycles. The fourth-order valence-electron chi connectivity index (χ4n) is 1.41. The van der Waals surface area contributed by atoms with Crippen LogP contribution in [0.1, 0.15) is 19.8 Å². The van der Waals surface area contributed by atoms with Crippen LogP contribution in [0.25, 0.3) is 0 Å². The number of hydrogen-bond acceptors (Lipinski definition) is 2. The van der Waals surface area contributed by atoms with Crippen LogP contribution in [0.5, 0.6) is 0 Å². The second-order valence-electron chi connectivity index (χ2n) is 3.32. The Bertz CT molecular complexity index is 125. The molecule has 1 aliphatic heterocycles. The summed E-state index contributed by atoms with van der Waals surface area (Å²) in [5.74, 6) is 1.72. The lowest BCUT2D eigenvalue weighted by Gasteiger charge is -2.29. The average Bonchev–Trinajstić information content (AvgIpc) is 2.11. The van der Waals surface area contributed by atoms with Gasteiger partial charge in [-0.15, -0.1) is 11.6 Å². The van der Waals surface area contributed by atoms with E-state index in [0.29, 0.717) is 0 Å². The predicted octanol–water partition coefficient (Wildman–Crippen LogP) is 1.66. The van der Waals surface area contributed by atoms with E-state index in [4.69, 9.17) is 21.5 Å². The van der Waals surface area contributed by atoms with Gasteiger partial charge >= 0.3 is 0 Å². The summed E-state index contributed by atoms with van der Waals surface area (Å²) in [6, 6.07) is 0. The first-order chi connectivity index (χ1) is 6.24. The van der Waals surface area contributed by atoms with E-state index in [9.17, 15) is 0 Å². The first-order valence-corrected chi connectivity index (χ1v) is 5.14. The molecule has 1 rings (SSSR count). The number of carboxylic acid groups (broad SMARTS) is 1. The molecule has 0 spiro atoms. The van der Waals surface area contributed by atoms with Gasteiger partial charge in [0.1, 0.15) is 0 Å². The van der Waals surface area contributed by atoms with Crippen molar-refractivity contribution in [2.24, 2.45) is 5.92 Å². The molecule has 0 atom stereocenters. The highest BCUT2D eigenvalue weighted by molar-refractivity contribution is 6.18. The molecule has 0 saturated carbocycles. The number of alkyl halides is 1. The van der Waals surface area contributed by atoms with E-state index in [0.717, 1.165) is 18.3 Å². The van der Waals surface area contributed by atoms with E-state index >= 15 is 0 Å². The van der Waals surface area contributed by atoms with Crippen molar-refractivity contribution in [3.8, 4) is 0 Å². The van der Waals surface area contributed by atoms with Crippen molar-refractivity contribution in [3.05, 3.63) is 0 Å². The van der Waals surface area contributed by atoms with Crippen LogP contribution >= 0.6 is 11.6 Å². The first kappa shape index (κ1) is 12.7. The molecule has 0 aromatic rings. The summed E-state index contributed by atoms with van der Waals surface area (Å²) >= 11 is 5.63. The van der Waals surface area contributed by atoms with Crippen molar-refractivity contribution >= 4 is 18.1 Å². The van der Waals surface area contributed by atoms with Crippen molar-refractivity contribution in [2.75, 3.05) is 25.5 Å². The van der Waals surface area contributed by atoms with E-state index in [2.05, 4.69) is 11.8 Å². The van der Waals surface area contributed by atoms with Crippen LogP contribution in [0, 0.1) is 5.92 Å². The molecule has 4 heteroatoms. The van der Waals surface area contributed by atoms with Crippen LogP contribution in [0.15, 0.2) is 0 Å². The zero-order valence-corrected chi connectivity index (χ0v) is 8.83. The second kappa shape index (κ2) is 8.32. The summed E-state index contributed by atoms with van der Waals surface area (Å²) in [7, 11) is 0. The Labute approximate surface area is 84.7 Å². The van der Waals surface area contributed by atoms with Gasteiger partial charge in [-0.3, -0.25) is 4.79 Å². The molecule has 78 valence electrons. The molecule has 0 unspecified atom stereocenters. The third kappa shape index (κ3) is 6.84. The monoisotopic (exact) mass is 207 g/mol. The van der Waals surface area contributed by atoms with Crippen LogP contribution in [0.2, 0.25) is 0 Å². The van der Waals surface area contributed by atoms with Gasteiger partial charge in [-0.1, -0.05) is 6.92 Å². The normalized spacial score (nSPS) is 18.9. The quantitative estimate of drug-likeness (QED) is 0.553. The number of piperidine rings is 1. The number of carbonyl (C=O) groups is 1. The second-order valence-corrected chi connectivity index (χ2v) is 3.70. The largest absolute Gasteiger partial charge is 0.483 e. The highest BCUT2D eigenvalue weighted by atomic mass is 35.5.